The van der Waals surface area contributed by atoms with Crippen LogP contribution in [-0.2, 0) is 20.3 Å². The monoisotopic (exact) mass is 356 g/mol. The van der Waals surface area contributed by atoms with Crippen molar-refractivity contribution in [3.05, 3.63) is 72.8 Å². The largest absolute Gasteiger partial charge is 0.371 e. The van der Waals surface area contributed by atoms with Crippen molar-refractivity contribution in [2.24, 2.45) is 0 Å². The summed E-state index contributed by atoms with van der Waals surface area (Å²) in [5, 5.41) is 7.65. The molecule has 0 heterocycles. The topological polar surface area (TPSA) is 63.6 Å². The number of rotatable bonds is 1. The SMILES string of the molecule is C=O.CC.COCO.CS(C)=O.c1ccccc1.c1ccccc1. The van der Waals surface area contributed by atoms with Crippen LogP contribution in [0.1, 0.15) is 13.8 Å². The van der Waals surface area contributed by atoms with Crippen LogP contribution < -0.4 is 0 Å². The lowest BCUT2D eigenvalue weighted by molar-refractivity contribution is -0.0980. The molecular weight excluding hydrogens is 324 g/mol. The Hall–Kier alpha value is -1.82. The predicted octanol–water partition coefficient (Wildman–Crippen LogP) is 3.79. The summed E-state index contributed by atoms with van der Waals surface area (Å²) in [6.45, 7) is 5.82. The van der Waals surface area contributed by atoms with Gasteiger partial charge in [0.15, 0.2) is 0 Å². The summed E-state index contributed by atoms with van der Waals surface area (Å²) in [7, 11) is 0.819. The van der Waals surface area contributed by atoms with Crippen molar-refractivity contribution in [3.8, 4) is 0 Å². The number of hydrogen-bond acceptors (Lipinski definition) is 4. The summed E-state index contributed by atoms with van der Waals surface area (Å²) >= 11 is 0. The lowest BCUT2D eigenvalue weighted by Gasteiger charge is -1.76. The summed E-state index contributed by atoms with van der Waals surface area (Å²) < 4.78 is 13.7. The molecule has 0 atom stereocenters. The van der Waals surface area contributed by atoms with Crippen molar-refractivity contribution in [2.45, 2.75) is 13.8 Å². The molecule has 0 saturated heterocycles. The van der Waals surface area contributed by atoms with Crippen molar-refractivity contribution >= 4 is 17.6 Å². The Morgan fingerprint density at radius 3 is 0.875 bits per heavy atom. The Balaban J connectivity index is -0.000000106. The number of ether oxygens (including phenoxy) is 1. The molecule has 2 rings (SSSR count). The molecule has 2 aromatic carbocycles. The maximum absolute atomic E-state index is 9.56. The van der Waals surface area contributed by atoms with E-state index < -0.39 is 10.8 Å². The first-order valence-corrected chi connectivity index (χ1v) is 9.25. The zero-order valence-electron chi connectivity index (χ0n) is 15.4. The third-order valence-electron chi connectivity index (χ3n) is 1.46. The van der Waals surface area contributed by atoms with Gasteiger partial charge in [0, 0.05) is 30.4 Å². The molecule has 0 bridgehead atoms. The Kier molecular flexibility index (Phi) is 47.0. The van der Waals surface area contributed by atoms with Crippen molar-refractivity contribution in [1.29, 1.82) is 0 Å². The summed E-state index contributed by atoms with van der Waals surface area (Å²) in [6.07, 6.45) is 3.28. The fraction of sp³-hybridized carbons (Fsp3) is 0.316. The van der Waals surface area contributed by atoms with Crippen molar-refractivity contribution in [1.82, 2.24) is 0 Å². The van der Waals surface area contributed by atoms with Gasteiger partial charge in [0.05, 0.1) is 0 Å². The third kappa shape index (κ3) is 59.4. The molecule has 138 valence electrons. The molecule has 0 fully saturated rings. The molecule has 0 unspecified atom stereocenters. The van der Waals surface area contributed by atoms with Gasteiger partial charge in [-0.2, -0.15) is 0 Å². The van der Waals surface area contributed by atoms with Crippen LogP contribution in [-0.4, -0.2) is 42.5 Å². The van der Waals surface area contributed by atoms with Crippen molar-refractivity contribution in [2.75, 3.05) is 26.4 Å². The zero-order chi connectivity index (χ0) is 19.5. The number of aliphatic hydroxyl groups excluding tert-OH is 1. The van der Waals surface area contributed by atoms with Crippen LogP contribution in [0.5, 0.6) is 0 Å². The highest BCUT2D eigenvalue weighted by molar-refractivity contribution is 7.83. The Labute approximate surface area is 150 Å². The molecule has 5 heteroatoms. The highest BCUT2D eigenvalue weighted by Crippen LogP contribution is 1.80. The van der Waals surface area contributed by atoms with Gasteiger partial charge in [0.25, 0.3) is 0 Å². The molecule has 1 N–H and O–H groups in total. The van der Waals surface area contributed by atoms with Gasteiger partial charge in [0.1, 0.15) is 13.6 Å². The Morgan fingerprint density at radius 2 is 0.833 bits per heavy atom. The van der Waals surface area contributed by atoms with Gasteiger partial charge in [-0.25, -0.2) is 0 Å². The lowest BCUT2D eigenvalue weighted by Crippen LogP contribution is -1.79. The molecule has 0 aromatic heterocycles. The first-order chi connectivity index (χ1) is 11.6. The van der Waals surface area contributed by atoms with E-state index in [-0.39, 0.29) is 6.79 Å². The number of aliphatic hydroxyl groups is 1. The van der Waals surface area contributed by atoms with Crippen LogP contribution in [0.2, 0.25) is 0 Å². The van der Waals surface area contributed by atoms with Gasteiger partial charge in [0.2, 0.25) is 0 Å². The minimum Gasteiger partial charge on any atom is -0.371 e. The number of carbonyl (C=O) groups is 1. The zero-order valence-corrected chi connectivity index (χ0v) is 16.2. The number of benzene rings is 2. The summed E-state index contributed by atoms with van der Waals surface area (Å²) in [4.78, 5) is 8.00. The molecule has 0 spiro atoms. The summed E-state index contributed by atoms with van der Waals surface area (Å²) in [6, 6.07) is 24.0. The van der Waals surface area contributed by atoms with Crippen LogP contribution in [0.3, 0.4) is 0 Å². The number of hydrogen-bond donors (Lipinski definition) is 1. The summed E-state index contributed by atoms with van der Waals surface area (Å²) in [5.74, 6) is 0. The molecular formula is C19H32O4S. The first-order valence-electron chi connectivity index (χ1n) is 7.28. The minimum absolute atomic E-state index is 0.181. The van der Waals surface area contributed by atoms with Gasteiger partial charge in [-0.1, -0.05) is 86.6 Å². The van der Waals surface area contributed by atoms with Gasteiger partial charge in [-0.05, 0) is 0 Å². The van der Waals surface area contributed by atoms with Crippen LogP contribution in [0.4, 0.5) is 0 Å². The maximum atomic E-state index is 9.56. The lowest BCUT2D eigenvalue weighted by atomic mass is 10.4. The molecule has 0 amide bonds. The van der Waals surface area contributed by atoms with E-state index >= 15 is 0 Å². The van der Waals surface area contributed by atoms with Gasteiger partial charge < -0.3 is 14.6 Å². The first kappa shape index (κ1) is 30.1. The van der Waals surface area contributed by atoms with E-state index in [1.807, 2.05) is 93.4 Å². The maximum Gasteiger partial charge on any atom is 0.143 e. The van der Waals surface area contributed by atoms with E-state index in [9.17, 15) is 4.21 Å². The fourth-order valence-electron chi connectivity index (χ4n) is 0.770. The number of methoxy groups -OCH3 is 1. The molecule has 0 aliphatic carbocycles. The van der Waals surface area contributed by atoms with E-state index in [0.717, 1.165) is 0 Å². The van der Waals surface area contributed by atoms with E-state index in [2.05, 4.69) is 4.74 Å². The molecule has 0 radical (unpaired) electrons. The molecule has 0 aliphatic heterocycles. The van der Waals surface area contributed by atoms with Crippen molar-refractivity contribution < 1.29 is 18.8 Å². The number of carbonyl (C=O) groups excluding carboxylic acids is 1. The fourth-order valence-corrected chi connectivity index (χ4v) is 0.770. The second kappa shape index (κ2) is 37.4. The highest BCUT2D eigenvalue weighted by atomic mass is 32.2. The predicted molar refractivity (Wildman–Crippen MR) is 105 cm³/mol. The van der Waals surface area contributed by atoms with Crippen LogP contribution in [0.15, 0.2) is 72.8 Å². The average Bonchev–Trinajstić information content (AvgIpc) is 2.68. The molecule has 4 nitrogen and oxygen atoms in total. The molecule has 2 aromatic rings. The smallest absolute Gasteiger partial charge is 0.143 e. The second-order valence-corrected chi connectivity index (χ2v) is 4.95. The van der Waals surface area contributed by atoms with Gasteiger partial charge >= 0.3 is 0 Å². The molecule has 0 aliphatic rings. The Bertz CT molecular complexity index is 306. The van der Waals surface area contributed by atoms with Gasteiger partial charge in [-0.3, -0.25) is 4.21 Å². The van der Waals surface area contributed by atoms with E-state index in [0.29, 0.717) is 0 Å². The second-order valence-electron chi connectivity index (χ2n) is 3.47. The van der Waals surface area contributed by atoms with Crippen LogP contribution >= 0.6 is 0 Å². The van der Waals surface area contributed by atoms with Crippen molar-refractivity contribution in [3.63, 3.8) is 0 Å². The quantitative estimate of drug-likeness (QED) is 0.790. The normalized spacial score (nSPS) is 7.12. The van der Waals surface area contributed by atoms with E-state index in [1.54, 1.807) is 12.5 Å². The summed E-state index contributed by atoms with van der Waals surface area (Å²) in [5.41, 5.74) is 0. The molecule has 0 saturated carbocycles. The standard InChI is InChI=1S/2C6H6.C2H6O2.C2H6OS.C2H6.CH2O/c2*1-2-4-6-5-3-1;1-4-2-3;1-4(2)3;2*1-2/h2*1-6H;3H,2H2,1H3;1-2H3;1-2H3;1H2. The van der Waals surface area contributed by atoms with E-state index in [1.165, 1.54) is 7.11 Å². The average molecular weight is 357 g/mol. The minimum atomic E-state index is -0.611. The van der Waals surface area contributed by atoms with Gasteiger partial charge in [-0.15, -0.1) is 0 Å². The van der Waals surface area contributed by atoms with E-state index in [4.69, 9.17) is 9.90 Å². The van der Waals surface area contributed by atoms with Crippen LogP contribution in [0.25, 0.3) is 0 Å². The third-order valence-corrected chi connectivity index (χ3v) is 1.46. The van der Waals surface area contributed by atoms with Crippen LogP contribution in [0, 0.1) is 0 Å². The molecule has 24 heavy (non-hydrogen) atoms. The Morgan fingerprint density at radius 1 is 0.750 bits per heavy atom. The highest BCUT2D eigenvalue weighted by Gasteiger charge is 1.58.